The molecule has 1 unspecified atom stereocenters. The molecule has 2 aromatic carbocycles. The molecule has 74 heavy (non-hydrogen) atoms. The number of carbonyl (C=O) groups excluding carboxylic acids is 7. The van der Waals surface area contributed by atoms with Gasteiger partial charge >= 0.3 is 12.1 Å². The average molecular weight is 1020 g/mol. The number of aliphatic hydroxyl groups is 1. The SMILES string of the molecule is CC[C@@]1(O)C(=O)OCc2c1cc1n(c2=O)Cc2c-1nc1cc(F)c(C)c3c1c2[C@@H](NC(=O)OCc1ccc(NC(=O)C(CCCCN)NC(=O)[C@H](C)NC(=O)CCOCCOCCN2C(=O)C=CC2=O)cc1)CC3. The van der Waals surface area contributed by atoms with Crippen molar-refractivity contribution < 1.29 is 62.0 Å². The monoisotopic (exact) mass is 1020 g/mol. The fraction of sp³-hybridized carbons (Fsp3) is 0.442. The molecule has 5 heterocycles. The summed E-state index contributed by atoms with van der Waals surface area (Å²) in [5.74, 6) is -3.60. The van der Waals surface area contributed by atoms with Crippen LogP contribution in [-0.4, -0.2) is 113 Å². The van der Waals surface area contributed by atoms with Crippen LogP contribution in [0.3, 0.4) is 0 Å². The van der Waals surface area contributed by atoms with E-state index < -0.39 is 76.7 Å². The zero-order chi connectivity index (χ0) is 52.8. The number of carbonyl (C=O) groups is 7. The van der Waals surface area contributed by atoms with Crippen LogP contribution in [0.25, 0.3) is 22.3 Å². The predicted octanol–water partition coefficient (Wildman–Crippen LogP) is 2.85. The molecule has 22 heteroatoms. The Morgan fingerprint density at radius 3 is 2.41 bits per heavy atom. The van der Waals surface area contributed by atoms with Gasteiger partial charge in [-0.15, -0.1) is 0 Å². The minimum absolute atomic E-state index is 0.0343. The summed E-state index contributed by atoms with van der Waals surface area (Å²) in [7, 11) is 0. The third-order valence-electron chi connectivity index (χ3n) is 13.8. The van der Waals surface area contributed by atoms with E-state index in [1.54, 1.807) is 44.2 Å². The third-order valence-corrected chi connectivity index (χ3v) is 13.8. The second-order valence-corrected chi connectivity index (χ2v) is 18.6. The summed E-state index contributed by atoms with van der Waals surface area (Å²) < 4.78 is 38.6. The van der Waals surface area contributed by atoms with Gasteiger partial charge in [0.15, 0.2) is 5.60 Å². The van der Waals surface area contributed by atoms with Crippen LogP contribution in [-0.2, 0) is 79.5 Å². The van der Waals surface area contributed by atoms with Gasteiger partial charge in [-0.3, -0.25) is 33.7 Å². The maximum atomic E-state index is 15.4. The molecule has 3 aliphatic heterocycles. The van der Waals surface area contributed by atoms with Crippen LogP contribution in [0.15, 0.2) is 53.3 Å². The molecule has 0 fully saturated rings. The summed E-state index contributed by atoms with van der Waals surface area (Å²) in [6, 6.07) is 6.94. The molecule has 4 atom stereocenters. The molecule has 4 aliphatic rings. The fourth-order valence-electron chi connectivity index (χ4n) is 9.68. The molecule has 4 aromatic rings. The number of amides is 6. The van der Waals surface area contributed by atoms with Crippen molar-refractivity contribution in [1.29, 1.82) is 0 Å². The van der Waals surface area contributed by atoms with E-state index in [1.165, 1.54) is 29.7 Å². The number of aryl methyl sites for hydroxylation is 1. The van der Waals surface area contributed by atoms with Gasteiger partial charge < -0.3 is 55.6 Å². The maximum absolute atomic E-state index is 15.4. The van der Waals surface area contributed by atoms with Crippen LogP contribution >= 0.6 is 0 Å². The lowest BCUT2D eigenvalue weighted by molar-refractivity contribution is -0.172. The number of esters is 1. The molecule has 1 aliphatic carbocycles. The van der Waals surface area contributed by atoms with E-state index in [0.29, 0.717) is 82.5 Å². The number of anilines is 1. The molecular formula is C52H59FN8O13. The zero-order valence-electron chi connectivity index (χ0n) is 41.3. The van der Waals surface area contributed by atoms with Crippen LogP contribution in [0.4, 0.5) is 14.9 Å². The molecular weight excluding hydrogens is 964 g/mol. The Hall–Kier alpha value is -7.40. The number of benzene rings is 2. The highest BCUT2D eigenvalue weighted by Gasteiger charge is 2.46. The number of fused-ring (bicyclic) bond motifs is 5. The topological polar surface area (TPSA) is 289 Å². The summed E-state index contributed by atoms with van der Waals surface area (Å²) in [6.07, 6.45) is 3.82. The van der Waals surface area contributed by atoms with E-state index in [1.807, 2.05) is 0 Å². The number of ether oxygens (including phenoxy) is 4. The largest absolute Gasteiger partial charge is 0.458 e. The van der Waals surface area contributed by atoms with E-state index in [-0.39, 0.29) is 83.1 Å². The standard InChI is InChI=1S/C52H59FN8O13/c1-4-52(70)35-23-40-46-33(25-61(40)49(67)34(35)27-73-50(52)68)45-37(13-12-32-28(2)36(53)24-39(57-46)44(32)45)59-51(69)74-26-30-8-10-31(11-9-30)56-48(66)38(7-5-6-17-54)58-47(65)29(3)55-41(62)16-19-71-21-22-72-20-18-60-42(63)14-15-43(60)64/h8-11,14-15,23-24,29,37-38,70H,4-7,12-13,16-22,25-27,54H2,1-3H3,(H,55,62)(H,56,66)(H,58,65)(H,59,69)/t29-,37-,38?,52-/m0/s1. The van der Waals surface area contributed by atoms with E-state index >= 15 is 4.39 Å². The molecule has 8 rings (SSSR count). The van der Waals surface area contributed by atoms with Crippen LogP contribution in [0.1, 0.15) is 97.4 Å². The zero-order valence-corrected chi connectivity index (χ0v) is 41.3. The number of hydrogen-bond acceptors (Lipinski definition) is 15. The number of nitrogens with one attached hydrogen (secondary N) is 4. The number of hydrogen-bond donors (Lipinski definition) is 6. The number of aromatic nitrogens is 2. The summed E-state index contributed by atoms with van der Waals surface area (Å²) >= 11 is 0. The summed E-state index contributed by atoms with van der Waals surface area (Å²) in [4.78, 5) is 109. The Morgan fingerprint density at radius 1 is 0.959 bits per heavy atom. The first kappa shape index (κ1) is 52.9. The van der Waals surface area contributed by atoms with Crippen molar-refractivity contribution in [3.05, 3.63) is 104 Å². The second-order valence-electron chi connectivity index (χ2n) is 18.6. The first-order valence-electron chi connectivity index (χ1n) is 24.7. The maximum Gasteiger partial charge on any atom is 0.407 e. The molecule has 21 nitrogen and oxygen atoms in total. The summed E-state index contributed by atoms with van der Waals surface area (Å²) in [5, 5.41) is 23.2. The summed E-state index contributed by atoms with van der Waals surface area (Å²) in [6.45, 7) is 5.48. The van der Waals surface area contributed by atoms with Gasteiger partial charge in [-0.05, 0) is 99.4 Å². The first-order valence-corrected chi connectivity index (χ1v) is 24.7. The Balaban J connectivity index is 0.845. The van der Waals surface area contributed by atoms with Crippen molar-refractivity contribution in [3.8, 4) is 11.4 Å². The molecule has 2 aromatic heterocycles. The highest BCUT2D eigenvalue weighted by molar-refractivity contribution is 6.12. The first-order chi connectivity index (χ1) is 35.5. The Morgan fingerprint density at radius 2 is 1.69 bits per heavy atom. The van der Waals surface area contributed by atoms with Crippen molar-refractivity contribution in [2.24, 2.45) is 5.73 Å². The van der Waals surface area contributed by atoms with Crippen molar-refractivity contribution in [3.63, 3.8) is 0 Å². The third kappa shape index (κ3) is 11.1. The van der Waals surface area contributed by atoms with Gasteiger partial charge in [0, 0.05) is 46.8 Å². The number of halogens is 1. The van der Waals surface area contributed by atoms with E-state index in [0.717, 1.165) is 10.5 Å². The minimum Gasteiger partial charge on any atom is -0.458 e. The van der Waals surface area contributed by atoms with Gasteiger partial charge in [0.2, 0.25) is 17.7 Å². The van der Waals surface area contributed by atoms with Crippen LogP contribution in [0.2, 0.25) is 0 Å². The number of nitrogens with two attached hydrogens (primary N) is 1. The highest BCUT2D eigenvalue weighted by Crippen LogP contribution is 2.46. The fourth-order valence-corrected chi connectivity index (χ4v) is 9.68. The number of unbranched alkanes of at least 4 members (excludes halogenated alkanes) is 1. The van der Waals surface area contributed by atoms with Gasteiger partial charge in [0.1, 0.15) is 31.1 Å². The lowest BCUT2D eigenvalue weighted by atomic mass is 9.81. The molecule has 6 amide bonds. The van der Waals surface area contributed by atoms with Gasteiger partial charge in [-0.1, -0.05) is 19.1 Å². The van der Waals surface area contributed by atoms with Crippen LogP contribution < -0.4 is 32.6 Å². The average Bonchev–Trinajstić information content (AvgIpc) is 3.92. The molecule has 392 valence electrons. The Labute approximate surface area is 424 Å². The number of cyclic esters (lactones) is 1. The minimum atomic E-state index is -2.04. The molecule has 0 saturated carbocycles. The van der Waals surface area contributed by atoms with Crippen molar-refractivity contribution in [2.45, 2.75) is 109 Å². The van der Waals surface area contributed by atoms with Crippen LogP contribution in [0.5, 0.6) is 0 Å². The second kappa shape index (κ2) is 22.8. The number of nitrogens with zero attached hydrogens (tertiary/aromatic N) is 3. The van der Waals surface area contributed by atoms with Gasteiger partial charge in [0.25, 0.3) is 17.4 Å². The smallest absolute Gasteiger partial charge is 0.407 e. The lowest BCUT2D eigenvalue weighted by Crippen LogP contribution is -2.51. The van der Waals surface area contributed by atoms with E-state index in [9.17, 15) is 43.5 Å². The highest BCUT2D eigenvalue weighted by atomic mass is 19.1. The number of alkyl carbamates (subject to hydrolysis) is 1. The van der Waals surface area contributed by atoms with Crippen LogP contribution in [0, 0.1) is 12.7 Å². The normalized spacial score (nSPS) is 18.1. The van der Waals surface area contributed by atoms with E-state index in [4.69, 9.17) is 29.7 Å². The molecule has 0 spiro atoms. The van der Waals surface area contributed by atoms with Gasteiger partial charge in [-0.25, -0.2) is 19.0 Å². The molecule has 0 bridgehead atoms. The molecule has 0 radical (unpaired) electrons. The van der Waals surface area contributed by atoms with Gasteiger partial charge in [-0.2, -0.15) is 0 Å². The van der Waals surface area contributed by atoms with Gasteiger partial charge in [0.05, 0.1) is 68.0 Å². The van der Waals surface area contributed by atoms with Crippen molar-refractivity contribution in [1.82, 2.24) is 30.4 Å². The van der Waals surface area contributed by atoms with E-state index in [2.05, 4.69) is 21.3 Å². The lowest BCUT2D eigenvalue weighted by Gasteiger charge is -2.31. The molecule has 0 saturated heterocycles. The number of rotatable bonds is 22. The number of imide groups is 1. The number of pyridine rings is 2. The Kier molecular flexibility index (Phi) is 16.3. The Bertz CT molecular complexity index is 2980. The molecule has 7 N–H and O–H groups in total. The summed E-state index contributed by atoms with van der Waals surface area (Å²) in [5.41, 5.74) is 8.09. The van der Waals surface area contributed by atoms with Crippen molar-refractivity contribution in [2.75, 3.05) is 44.8 Å². The van der Waals surface area contributed by atoms with Crippen molar-refractivity contribution >= 4 is 58.2 Å². The quantitative estimate of drug-likeness (QED) is 0.0330. The predicted molar refractivity (Wildman–Crippen MR) is 263 cm³/mol.